The molecule has 0 unspecified atom stereocenters. The highest BCUT2D eigenvalue weighted by Gasteiger charge is 2.38. The summed E-state index contributed by atoms with van der Waals surface area (Å²) in [4.78, 5) is 27.6. The number of benzene rings is 1. The molecule has 1 heterocycles. The normalized spacial score (nSPS) is 18.3. The second-order valence-electron chi connectivity index (χ2n) is 6.22. The van der Waals surface area contributed by atoms with Crippen molar-refractivity contribution in [3.05, 3.63) is 48.8 Å². The fraction of sp³-hybridized carbons (Fsp3) is 0.316. The Balaban J connectivity index is 1.46. The SMILES string of the molecule is C[C@H]1C[C@@H]1C(=O)NCCC(=O)Nc1cccc(Oc2ccncc2)c1. The summed E-state index contributed by atoms with van der Waals surface area (Å²) >= 11 is 0. The molecule has 0 radical (unpaired) electrons. The van der Waals surface area contributed by atoms with Gasteiger partial charge in [-0.1, -0.05) is 13.0 Å². The van der Waals surface area contributed by atoms with E-state index in [1.807, 2.05) is 12.1 Å². The summed E-state index contributed by atoms with van der Waals surface area (Å²) in [5.41, 5.74) is 0.652. The zero-order valence-electron chi connectivity index (χ0n) is 14.1. The topological polar surface area (TPSA) is 80.3 Å². The molecule has 2 N–H and O–H groups in total. The van der Waals surface area contributed by atoms with E-state index in [2.05, 4.69) is 22.5 Å². The first-order valence-corrected chi connectivity index (χ1v) is 8.37. The van der Waals surface area contributed by atoms with E-state index in [-0.39, 0.29) is 24.2 Å². The van der Waals surface area contributed by atoms with Crippen LogP contribution in [0.3, 0.4) is 0 Å². The van der Waals surface area contributed by atoms with Gasteiger partial charge >= 0.3 is 0 Å². The van der Waals surface area contributed by atoms with Gasteiger partial charge in [-0.15, -0.1) is 0 Å². The molecule has 1 aromatic heterocycles. The number of pyridine rings is 1. The quantitative estimate of drug-likeness (QED) is 0.813. The molecule has 0 spiro atoms. The third-order valence-electron chi connectivity index (χ3n) is 4.10. The van der Waals surface area contributed by atoms with Gasteiger partial charge in [0.1, 0.15) is 11.5 Å². The number of carbonyl (C=O) groups is 2. The smallest absolute Gasteiger partial charge is 0.226 e. The Labute approximate surface area is 146 Å². The largest absolute Gasteiger partial charge is 0.457 e. The van der Waals surface area contributed by atoms with Crippen LogP contribution in [-0.4, -0.2) is 23.3 Å². The molecule has 2 aromatic rings. The van der Waals surface area contributed by atoms with Crippen LogP contribution in [0, 0.1) is 11.8 Å². The Bertz CT molecular complexity index is 749. The third kappa shape index (κ3) is 5.04. The standard InChI is InChI=1S/C19H21N3O3/c1-13-11-17(13)19(24)21-10-7-18(23)22-14-3-2-4-16(12-14)25-15-5-8-20-9-6-15/h2-6,8-9,12-13,17H,7,10-11H2,1H3,(H,21,24)(H,22,23)/t13-,17-/m0/s1. The Morgan fingerprint density at radius 3 is 2.68 bits per heavy atom. The van der Waals surface area contributed by atoms with Crippen molar-refractivity contribution in [2.45, 2.75) is 19.8 Å². The molecule has 25 heavy (non-hydrogen) atoms. The first-order valence-electron chi connectivity index (χ1n) is 8.37. The molecule has 1 fully saturated rings. The van der Waals surface area contributed by atoms with Gasteiger partial charge < -0.3 is 15.4 Å². The van der Waals surface area contributed by atoms with E-state index in [1.54, 1.807) is 36.7 Å². The molecule has 1 aromatic carbocycles. The predicted octanol–water partition coefficient (Wildman–Crippen LogP) is 2.97. The fourth-order valence-corrected chi connectivity index (χ4v) is 2.52. The summed E-state index contributed by atoms with van der Waals surface area (Å²) in [6.07, 6.45) is 4.49. The maximum Gasteiger partial charge on any atom is 0.226 e. The third-order valence-corrected chi connectivity index (χ3v) is 4.10. The van der Waals surface area contributed by atoms with Crippen molar-refractivity contribution in [2.24, 2.45) is 11.8 Å². The van der Waals surface area contributed by atoms with E-state index >= 15 is 0 Å². The van der Waals surface area contributed by atoms with Crippen LogP contribution in [0.15, 0.2) is 48.8 Å². The summed E-state index contributed by atoms with van der Waals surface area (Å²) in [6, 6.07) is 10.7. The molecule has 1 aliphatic carbocycles. The Hall–Kier alpha value is -2.89. The summed E-state index contributed by atoms with van der Waals surface area (Å²) in [7, 11) is 0. The lowest BCUT2D eigenvalue weighted by molar-refractivity contribution is -0.122. The lowest BCUT2D eigenvalue weighted by atomic mass is 10.2. The minimum atomic E-state index is -0.148. The molecule has 6 heteroatoms. The van der Waals surface area contributed by atoms with Crippen molar-refractivity contribution in [1.82, 2.24) is 10.3 Å². The van der Waals surface area contributed by atoms with Gasteiger partial charge in [-0.25, -0.2) is 0 Å². The number of nitrogens with one attached hydrogen (secondary N) is 2. The molecule has 130 valence electrons. The summed E-state index contributed by atoms with van der Waals surface area (Å²) in [5.74, 6) is 1.80. The van der Waals surface area contributed by atoms with Crippen molar-refractivity contribution in [3.63, 3.8) is 0 Å². The number of nitrogens with zero attached hydrogens (tertiary/aromatic N) is 1. The second-order valence-corrected chi connectivity index (χ2v) is 6.22. The lowest BCUT2D eigenvalue weighted by Crippen LogP contribution is -2.29. The van der Waals surface area contributed by atoms with E-state index in [9.17, 15) is 9.59 Å². The van der Waals surface area contributed by atoms with Crippen molar-refractivity contribution in [1.29, 1.82) is 0 Å². The minimum absolute atomic E-state index is 0.0491. The Morgan fingerprint density at radius 1 is 1.20 bits per heavy atom. The molecule has 2 amide bonds. The van der Waals surface area contributed by atoms with Crippen molar-refractivity contribution >= 4 is 17.5 Å². The summed E-state index contributed by atoms with van der Waals surface area (Å²) < 4.78 is 5.71. The first kappa shape index (κ1) is 17.0. The Morgan fingerprint density at radius 2 is 1.96 bits per heavy atom. The number of aromatic nitrogens is 1. The van der Waals surface area contributed by atoms with Crippen LogP contribution in [0.2, 0.25) is 0 Å². The van der Waals surface area contributed by atoms with Gasteiger partial charge in [-0.05, 0) is 36.6 Å². The monoisotopic (exact) mass is 339 g/mol. The summed E-state index contributed by atoms with van der Waals surface area (Å²) in [5, 5.41) is 5.62. The van der Waals surface area contributed by atoms with Gasteiger partial charge in [0.05, 0.1) is 0 Å². The number of amides is 2. The fourth-order valence-electron chi connectivity index (χ4n) is 2.52. The molecule has 1 aliphatic rings. The number of ether oxygens (including phenoxy) is 1. The van der Waals surface area contributed by atoms with Crippen LogP contribution < -0.4 is 15.4 Å². The highest BCUT2D eigenvalue weighted by atomic mass is 16.5. The van der Waals surface area contributed by atoms with E-state index in [0.29, 0.717) is 29.6 Å². The van der Waals surface area contributed by atoms with Gasteiger partial charge in [0.15, 0.2) is 0 Å². The molecule has 2 atom stereocenters. The predicted molar refractivity (Wildman–Crippen MR) is 94.3 cm³/mol. The van der Waals surface area contributed by atoms with E-state index in [0.717, 1.165) is 6.42 Å². The van der Waals surface area contributed by atoms with Crippen LogP contribution in [0.4, 0.5) is 5.69 Å². The highest BCUT2D eigenvalue weighted by molar-refractivity contribution is 5.91. The number of hydrogen-bond donors (Lipinski definition) is 2. The second kappa shape index (κ2) is 7.79. The highest BCUT2D eigenvalue weighted by Crippen LogP contribution is 2.37. The molecule has 3 rings (SSSR count). The maximum atomic E-state index is 12.0. The number of anilines is 1. The van der Waals surface area contributed by atoms with E-state index in [4.69, 9.17) is 4.74 Å². The number of carbonyl (C=O) groups excluding carboxylic acids is 2. The van der Waals surface area contributed by atoms with Crippen LogP contribution >= 0.6 is 0 Å². The summed E-state index contributed by atoms with van der Waals surface area (Å²) in [6.45, 7) is 2.40. The maximum absolute atomic E-state index is 12.0. The average Bonchev–Trinajstić information content (AvgIpc) is 3.33. The number of hydrogen-bond acceptors (Lipinski definition) is 4. The van der Waals surface area contributed by atoms with Crippen molar-refractivity contribution < 1.29 is 14.3 Å². The van der Waals surface area contributed by atoms with Gasteiger partial charge in [0.25, 0.3) is 0 Å². The van der Waals surface area contributed by atoms with Crippen LogP contribution in [0.25, 0.3) is 0 Å². The molecule has 6 nitrogen and oxygen atoms in total. The molecular weight excluding hydrogens is 318 g/mol. The molecule has 0 saturated heterocycles. The minimum Gasteiger partial charge on any atom is -0.457 e. The van der Waals surface area contributed by atoms with Gasteiger partial charge in [-0.3, -0.25) is 14.6 Å². The average molecular weight is 339 g/mol. The van der Waals surface area contributed by atoms with E-state index < -0.39 is 0 Å². The van der Waals surface area contributed by atoms with Gasteiger partial charge in [0, 0.05) is 43.0 Å². The van der Waals surface area contributed by atoms with Crippen molar-refractivity contribution in [2.75, 3.05) is 11.9 Å². The molecule has 1 saturated carbocycles. The van der Waals surface area contributed by atoms with Crippen LogP contribution in [0.1, 0.15) is 19.8 Å². The molecule has 0 bridgehead atoms. The van der Waals surface area contributed by atoms with Crippen LogP contribution in [-0.2, 0) is 9.59 Å². The zero-order chi connectivity index (χ0) is 17.6. The molecule has 0 aliphatic heterocycles. The van der Waals surface area contributed by atoms with Gasteiger partial charge in [0.2, 0.25) is 11.8 Å². The van der Waals surface area contributed by atoms with E-state index in [1.165, 1.54) is 0 Å². The Kier molecular flexibility index (Phi) is 5.28. The van der Waals surface area contributed by atoms with Gasteiger partial charge in [-0.2, -0.15) is 0 Å². The van der Waals surface area contributed by atoms with Crippen molar-refractivity contribution in [3.8, 4) is 11.5 Å². The zero-order valence-corrected chi connectivity index (χ0v) is 14.1. The molecular formula is C19H21N3O3. The number of rotatable bonds is 7. The lowest BCUT2D eigenvalue weighted by Gasteiger charge is -2.09. The first-order chi connectivity index (χ1) is 12.1. The van der Waals surface area contributed by atoms with Crippen LogP contribution in [0.5, 0.6) is 11.5 Å².